The third-order valence-corrected chi connectivity index (χ3v) is 10.6. The first-order valence-electron chi connectivity index (χ1n) is 18.4. The maximum Gasteiger partial charge on any atom is 0.0515 e. The van der Waals surface area contributed by atoms with Gasteiger partial charge in [-0.25, -0.2) is 0 Å². The lowest BCUT2D eigenvalue weighted by molar-refractivity contribution is 0.634. The Labute approximate surface area is 312 Å². The lowest BCUT2D eigenvalue weighted by atomic mass is 9.69. The van der Waals surface area contributed by atoms with Gasteiger partial charge in [-0.1, -0.05) is 147 Å². The van der Waals surface area contributed by atoms with E-state index in [1.165, 1.54) is 55.9 Å². The van der Waals surface area contributed by atoms with Gasteiger partial charge in [-0.2, -0.15) is 0 Å². The first kappa shape index (κ1) is 32.3. The average molecular weight is 681 g/mol. The van der Waals surface area contributed by atoms with Gasteiger partial charge >= 0.3 is 0 Å². The third-order valence-electron chi connectivity index (χ3n) is 10.6. The Kier molecular flexibility index (Phi) is 8.21. The quantitative estimate of drug-likeness (QED) is 0.165. The zero-order chi connectivity index (χ0) is 35.8. The van der Waals surface area contributed by atoms with Gasteiger partial charge in [-0.3, -0.25) is 0 Å². The van der Waals surface area contributed by atoms with Crippen molar-refractivity contribution in [2.24, 2.45) is 0 Å². The lowest BCUT2D eigenvalue weighted by Gasteiger charge is -2.44. The van der Waals surface area contributed by atoms with E-state index < -0.39 is 0 Å². The molecule has 8 aromatic carbocycles. The Hall–Kier alpha value is -6.64. The molecule has 0 saturated carbocycles. The van der Waals surface area contributed by atoms with Crippen molar-refractivity contribution in [1.82, 2.24) is 0 Å². The van der Waals surface area contributed by atoms with E-state index in [0.29, 0.717) is 0 Å². The molecule has 0 unspecified atom stereocenters. The topological polar surface area (TPSA) is 6.48 Å². The fourth-order valence-corrected chi connectivity index (χ4v) is 8.04. The molecule has 0 spiro atoms. The molecule has 53 heavy (non-hydrogen) atoms. The van der Waals surface area contributed by atoms with E-state index in [2.05, 4.69) is 230 Å². The van der Waals surface area contributed by atoms with Gasteiger partial charge in [0.05, 0.1) is 11.4 Å². The van der Waals surface area contributed by atoms with Crippen molar-refractivity contribution < 1.29 is 0 Å². The molecule has 2 heteroatoms. The second-order valence-corrected chi connectivity index (χ2v) is 14.2. The highest BCUT2D eigenvalue weighted by atomic mass is 15.2. The minimum atomic E-state index is -0.302. The molecule has 0 fully saturated rings. The highest BCUT2D eigenvalue weighted by Crippen LogP contribution is 2.56. The lowest BCUT2D eigenvalue weighted by Crippen LogP contribution is -2.31. The fraction of sp³-hybridized carbons (Fsp3) is 0.0588. The van der Waals surface area contributed by atoms with Crippen LogP contribution in [0.25, 0.3) is 33.4 Å². The van der Waals surface area contributed by atoms with Crippen LogP contribution >= 0.6 is 0 Å². The Morgan fingerprint density at radius 2 is 0.849 bits per heavy atom. The first-order valence-corrected chi connectivity index (χ1v) is 18.4. The van der Waals surface area contributed by atoms with Crippen molar-refractivity contribution >= 4 is 34.1 Å². The van der Waals surface area contributed by atoms with Gasteiger partial charge in [0.2, 0.25) is 0 Å². The normalized spacial score (nSPS) is 12.8. The summed E-state index contributed by atoms with van der Waals surface area (Å²) in [5, 5.41) is 0. The van der Waals surface area contributed by atoms with Crippen LogP contribution in [-0.2, 0) is 5.41 Å². The SMILES string of the molecule is CC1(C)c2cc(-c3ccc(N(c4ccccc4)c4ccccc4)cc3)ccc2N(c2ccccc2)c2cc(-c3ccccc3)cc(-c3ccccc3)c21. The zero-order valence-corrected chi connectivity index (χ0v) is 30.0. The van der Waals surface area contributed by atoms with E-state index in [9.17, 15) is 0 Å². The summed E-state index contributed by atoms with van der Waals surface area (Å²) in [5.74, 6) is 0. The van der Waals surface area contributed by atoms with Crippen molar-refractivity contribution in [2.45, 2.75) is 19.3 Å². The summed E-state index contributed by atoms with van der Waals surface area (Å²) >= 11 is 0. The summed E-state index contributed by atoms with van der Waals surface area (Å²) in [6, 6.07) is 74.4. The summed E-state index contributed by atoms with van der Waals surface area (Å²) in [6.07, 6.45) is 0. The van der Waals surface area contributed by atoms with Crippen LogP contribution < -0.4 is 9.80 Å². The van der Waals surface area contributed by atoms with Gasteiger partial charge in [0, 0.05) is 28.2 Å². The van der Waals surface area contributed by atoms with E-state index in [0.717, 1.165) is 22.7 Å². The largest absolute Gasteiger partial charge is 0.311 e. The molecule has 8 aromatic rings. The van der Waals surface area contributed by atoms with Crippen LogP contribution in [0.5, 0.6) is 0 Å². The number of benzene rings is 8. The van der Waals surface area contributed by atoms with E-state index >= 15 is 0 Å². The van der Waals surface area contributed by atoms with Crippen LogP contribution in [0, 0.1) is 0 Å². The molecule has 0 N–H and O–H groups in total. The van der Waals surface area contributed by atoms with Gasteiger partial charge in [0.25, 0.3) is 0 Å². The van der Waals surface area contributed by atoms with Crippen LogP contribution in [0.15, 0.2) is 206 Å². The summed E-state index contributed by atoms with van der Waals surface area (Å²) in [5.41, 5.74) is 16.6. The number of hydrogen-bond donors (Lipinski definition) is 0. The second-order valence-electron chi connectivity index (χ2n) is 14.2. The van der Waals surface area contributed by atoms with Crippen molar-refractivity contribution in [3.05, 3.63) is 217 Å². The molecular weight excluding hydrogens is 641 g/mol. The Balaban J connectivity index is 1.20. The highest BCUT2D eigenvalue weighted by molar-refractivity contribution is 5.94. The zero-order valence-electron chi connectivity index (χ0n) is 30.0. The van der Waals surface area contributed by atoms with Gasteiger partial charge in [-0.15, -0.1) is 0 Å². The van der Waals surface area contributed by atoms with E-state index in [1.54, 1.807) is 0 Å². The van der Waals surface area contributed by atoms with Gasteiger partial charge < -0.3 is 9.80 Å². The second kappa shape index (κ2) is 13.5. The first-order chi connectivity index (χ1) is 26.1. The van der Waals surface area contributed by atoms with Crippen molar-refractivity contribution in [1.29, 1.82) is 0 Å². The molecule has 0 saturated heterocycles. The summed E-state index contributed by atoms with van der Waals surface area (Å²) in [6.45, 7) is 4.79. The molecule has 0 aromatic heterocycles. The van der Waals surface area contributed by atoms with Crippen molar-refractivity contribution in [3.8, 4) is 33.4 Å². The number of fused-ring (bicyclic) bond motifs is 2. The number of para-hydroxylation sites is 3. The van der Waals surface area contributed by atoms with Gasteiger partial charge in [-0.05, 0) is 117 Å². The Bertz CT molecular complexity index is 2450. The maximum atomic E-state index is 2.47. The Morgan fingerprint density at radius 3 is 1.43 bits per heavy atom. The minimum absolute atomic E-state index is 0.302. The molecule has 0 radical (unpaired) electrons. The monoisotopic (exact) mass is 680 g/mol. The average Bonchev–Trinajstić information content (AvgIpc) is 3.23. The van der Waals surface area contributed by atoms with Crippen LogP contribution in [0.4, 0.5) is 34.1 Å². The van der Waals surface area contributed by atoms with Crippen LogP contribution in [0.2, 0.25) is 0 Å². The summed E-state index contributed by atoms with van der Waals surface area (Å²) < 4.78 is 0. The highest BCUT2D eigenvalue weighted by Gasteiger charge is 2.39. The van der Waals surface area contributed by atoms with E-state index in [4.69, 9.17) is 0 Å². The molecule has 254 valence electrons. The Morgan fingerprint density at radius 1 is 0.377 bits per heavy atom. The number of anilines is 6. The maximum absolute atomic E-state index is 2.47. The van der Waals surface area contributed by atoms with E-state index in [1.807, 2.05) is 0 Å². The summed E-state index contributed by atoms with van der Waals surface area (Å²) in [4.78, 5) is 4.78. The molecule has 0 bridgehead atoms. The molecule has 1 aliphatic heterocycles. The predicted molar refractivity (Wildman–Crippen MR) is 224 cm³/mol. The predicted octanol–water partition coefficient (Wildman–Crippen LogP) is 14.3. The molecule has 0 amide bonds. The van der Waals surface area contributed by atoms with Crippen LogP contribution in [0.3, 0.4) is 0 Å². The van der Waals surface area contributed by atoms with Crippen molar-refractivity contribution in [2.75, 3.05) is 9.80 Å². The molecule has 2 nitrogen and oxygen atoms in total. The standard InChI is InChI=1S/C51H40N2/c1-51(2)47-35-40(38-28-31-45(32-29-38)52(42-22-12-5-13-23-42)43-24-14-6-15-25-43)30-33-48(47)53(44-26-16-7-17-27-44)49-36-41(37-18-8-3-9-19-37)34-46(50(49)51)39-20-10-4-11-21-39/h3-36H,1-2H3. The summed E-state index contributed by atoms with van der Waals surface area (Å²) in [7, 11) is 0. The van der Waals surface area contributed by atoms with Gasteiger partial charge in [0.15, 0.2) is 0 Å². The molecule has 1 heterocycles. The third kappa shape index (κ3) is 5.89. The molecule has 9 rings (SSSR count). The van der Waals surface area contributed by atoms with Gasteiger partial charge in [0.1, 0.15) is 0 Å². The number of hydrogen-bond acceptors (Lipinski definition) is 2. The number of nitrogens with zero attached hydrogens (tertiary/aromatic N) is 2. The molecular formula is C51H40N2. The minimum Gasteiger partial charge on any atom is -0.311 e. The van der Waals surface area contributed by atoms with Crippen molar-refractivity contribution in [3.63, 3.8) is 0 Å². The van der Waals surface area contributed by atoms with E-state index in [-0.39, 0.29) is 5.41 Å². The molecule has 0 aliphatic carbocycles. The molecule has 1 aliphatic rings. The van der Waals surface area contributed by atoms with Crippen LogP contribution in [-0.4, -0.2) is 0 Å². The number of rotatable bonds is 7. The smallest absolute Gasteiger partial charge is 0.0515 e. The van der Waals surface area contributed by atoms with Crippen LogP contribution in [0.1, 0.15) is 25.0 Å². The fourth-order valence-electron chi connectivity index (χ4n) is 8.04. The molecule has 0 atom stereocenters.